The number of benzene rings is 4. The van der Waals surface area contributed by atoms with E-state index in [9.17, 15) is 0 Å². The first kappa shape index (κ1) is 20.5. The predicted octanol–water partition coefficient (Wildman–Crippen LogP) is 8.17. The molecule has 0 radical (unpaired) electrons. The number of hydrogen-bond acceptors (Lipinski definition) is 0. The second-order valence-corrected chi connectivity index (χ2v) is 9.20. The normalized spacial score (nSPS) is 10.5. The van der Waals surface area contributed by atoms with E-state index in [1.165, 1.54) is 46.9 Å². The standard InChI is InChI=1S/2C13H9.C3H6.Ti/c2*1-3-7-12-10(5-1)9-11-6-2-4-8-13(11)12;1-3-2;/h2*1-9H;1-2H3;/q2*-1;;+2. The van der Waals surface area contributed by atoms with Crippen LogP contribution in [0.2, 0.25) is 0 Å². The van der Waals surface area contributed by atoms with E-state index in [0.29, 0.717) is 0 Å². The third-order valence-electron chi connectivity index (χ3n) is 5.05. The molecule has 1 heteroatoms. The van der Waals surface area contributed by atoms with Crippen molar-refractivity contribution in [1.82, 2.24) is 0 Å². The fourth-order valence-corrected chi connectivity index (χ4v) is 3.81. The molecule has 0 aromatic heterocycles. The van der Waals surface area contributed by atoms with Gasteiger partial charge in [0.25, 0.3) is 0 Å². The third-order valence-corrected chi connectivity index (χ3v) is 5.05. The van der Waals surface area contributed by atoms with Crippen LogP contribution in [0.25, 0.3) is 43.1 Å². The molecule has 0 fully saturated rings. The van der Waals surface area contributed by atoms with Crippen LogP contribution >= 0.6 is 0 Å². The summed E-state index contributed by atoms with van der Waals surface area (Å²) in [5.74, 6) is 0. The molecule has 0 nitrogen and oxygen atoms in total. The van der Waals surface area contributed by atoms with Gasteiger partial charge in [0.2, 0.25) is 0 Å². The maximum absolute atomic E-state index is 2.24. The fourth-order valence-electron chi connectivity index (χ4n) is 3.81. The average Bonchev–Trinajstić information content (AvgIpc) is 3.32. The smallest absolute Gasteiger partial charge is 0.0771 e. The van der Waals surface area contributed by atoms with Crippen molar-refractivity contribution in [1.29, 1.82) is 0 Å². The first-order valence-corrected chi connectivity index (χ1v) is 11.0. The van der Waals surface area contributed by atoms with Crippen LogP contribution in [-0.4, -0.2) is 3.81 Å². The van der Waals surface area contributed by atoms with Crippen molar-refractivity contribution < 1.29 is 20.0 Å². The van der Waals surface area contributed by atoms with Gasteiger partial charge in [-0.1, -0.05) is 72.8 Å². The molecule has 6 rings (SSSR count). The summed E-state index contributed by atoms with van der Waals surface area (Å²) in [5, 5.41) is 10.8. The Morgan fingerprint density at radius 2 is 0.667 bits per heavy atom. The van der Waals surface area contributed by atoms with E-state index in [-0.39, 0.29) is 0 Å². The monoisotopic (exact) mass is 420 g/mol. The van der Waals surface area contributed by atoms with Crippen LogP contribution in [0.4, 0.5) is 0 Å². The molecule has 0 bridgehead atoms. The summed E-state index contributed by atoms with van der Waals surface area (Å²) in [7, 11) is 0. The van der Waals surface area contributed by atoms with Crippen LogP contribution in [0.5, 0.6) is 0 Å². The molecule has 0 amide bonds. The molecule has 6 aromatic carbocycles. The Morgan fingerprint density at radius 1 is 0.467 bits per heavy atom. The number of rotatable bonds is 0. The Labute approximate surface area is 189 Å². The predicted molar refractivity (Wildman–Crippen MR) is 130 cm³/mol. The van der Waals surface area contributed by atoms with E-state index in [1.54, 1.807) is 0 Å². The van der Waals surface area contributed by atoms with E-state index < -0.39 is 0 Å². The van der Waals surface area contributed by atoms with Gasteiger partial charge >= 0.3 is 37.6 Å². The fraction of sp³-hybridized carbons (Fsp3) is 0.0690. The minimum absolute atomic E-state index is 1.34. The van der Waals surface area contributed by atoms with Crippen molar-refractivity contribution in [2.45, 2.75) is 13.8 Å². The summed E-state index contributed by atoms with van der Waals surface area (Å²) in [6.07, 6.45) is 0. The van der Waals surface area contributed by atoms with Crippen LogP contribution in [0.3, 0.4) is 0 Å². The topological polar surface area (TPSA) is 0 Å². The summed E-state index contributed by atoms with van der Waals surface area (Å²) < 4.78 is 1.42. The van der Waals surface area contributed by atoms with E-state index in [1.807, 2.05) is 0 Å². The van der Waals surface area contributed by atoms with Crippen molar-refractivity contribution in [2.75, 3.05) is 0 Å². The molecule has 0 unspecified atom stereocenters. The first-order chi connectivity index (χ1) is 14.6. The Balaban J connectivity index is 0.000000124. The minimum atomic E-state index is 1.34. The Morgan fingerprint density at radius 3 is 0.900 bits per heavy atom. The van der Waals surface area contributed by atoms with Gasteiger partial charge in [0, 0.05) is 0 Å². The second kappa shape index (κ2) is 9.35. The van der Waals surface area contributed by atoms with Crippen LogP contribution in [0.1, 0.15) is 13.8 Å². The maximum atomic E-state index is 2.24. The molecular formula is C29H24Ti. The molecule has 0 atom stereocenters. The zero-order valence-electron chi connectivity index (χ0n) is 17.4. The molecular weight excluding hydrogens is 396 g/mol. The quantitative estimate of drug-likeness (QED) is 0.172. The summed E-state index contributed by atoms with van der Waals surface area (Å²) in [4.78, 5) is 0. The molecule has 0 aliphatic heterocycles. The number of fused-ring (bicyclic) bond motifs is 6. The Hall–Kier alpha value is -2.80. The maximum Gasteiger partial charge on any atom is -0.0771 e. The molecule has 144 valence electrons. The van der Waals surface area contributed by atoms with Gasteiger partial charge in [-0.3, -0.25) is 0 Å². The molecule has 0 heterocycles. The third kappa shape index (κ3) is 4.51. The van der Waals surface area contributed by atoms with E-state index in [0.717, 1.165) is 0 Å². The van der Waals surface area contributed by atoms with Gasteiger partial charge in [-0.25, -0.2) is 0 Å². The molecule has 6 aromatic rings. The van der Waals surface area contributed by atoms with Crippen molar-refractivity contribution in [3.63, 3.8) is 0 Å². The van der Waals surface area contributed by atoms with Gasteiger partial charge < -0.3 is 0 Å². The summed E-state index contributed by atoms with van der Waals surface area (Å²) >= 11 is 2.08. The zero-order valence-corrected chi connectivity index (χ0v) is 19.0. The van der Waals surface area contributed by atoms with Crippen LogP contribution in [-0.2, 0) is 20.0 Å². The average molecular weight is 420 g/mol. The molecule has 0 aliphatic carbocycles. The van der Waals surface area contributed by atoms with Gasteiger partial charge in [-0.2, -0.15) is 0 Å². The SMILES string of the molecule is C[C](C)=[Ti+2].c1ccc2c(c1)[cH-]c1ccccc12.c1ccc2c(c1)[cH-]c1ccccc12. The van der Waals surface area contributed by atoms with Gasteiger partial charge in [-0.15, -0.1) is 79.5 Å². The van der Waals surface area contributed by atoms with Crippen LogP contribution < -0.4 is 0 Å². The second-order valence-electron chi connectivity index (χ2n) is 7.64. The molecule has 0 saturated carbocycles. The molecule has 30 heavy (non-hydrogen) atoms. The van der Waals surface area contributed by atoms with Crippen LogP contribution in [0, 0.1) is 0 Å². The Kier molecular flexibility index (Phi) is 6.38. The van der Waals surface area contributed by atoms with Crippen molar-refractivity contribution in [3.05, 3.63) is 109 Å². The summed E-state index contributed by atoms with van der Waals surface area (Å²) in [6.45, 7) is 4.17. The van der Waals surface area contributed by atoms with Gasteiger partial charge in [0.1, 0.15) is 0 Å². The first-order valence-electron chi connectivity index (χ1n) is 10.2. The van der Waals surface area contributed by atoms with Crippen LogP contribution in [0.15, 0.2) is 109 Å². The number of hydrogen-bond donors (Lipinski definition) is 0. The Bertz CT molecular complexity index is 1220. The van der Waals surface area contributed by atoms with Gasteiger partial charge in [0.05, 0.1) is 0 Å². The van der Waals surface area contributed by atoms with Crippen molar-refractivity contribution in [3.8, 4) is 0 Å². The largest absolute Gasteiger partial charge is 0.126 e. The van der Waals surface area contributed by atoms with E-state index >= 15 is 0 Å². The summed E-state index contributed by atoms with van der Waals surface area (Å²) in [5.41, 5.74) is 0. The zero-order chi connectivity index (χ0) is 20.9. The van der Waals surface area contributed by atoms with E-state index in [4.69, 9.17) is 0 Å². The molecule has 0 aliphatic rings. The molecule has 0 spiro atoms. The molecule has 0 saturated heterocycles. The van der Waals surface area contributed by atoms with E-state index in [2.05, 4.69) is 143 Å². The van der Waals surface area contributed by atoms with Crippen molar-refractivity contribution >= 4 is 46.9 Å². The van der Waals surface area contributed by atoms with Gasteiger partial charge in [0.15, 0.2) is 0 Å². The minimum Gasteiger partial charge on any atom is -0.126 e. The van der Waals surface area contributed by atoms with Crippen molar-refractivity contribution in [2.24, 2.45) is 0 Å². The van der Waals surface area contributed by atoms with Gasteiger partial charge in [-0.05, 0) is 0 Å². The summed E-state index contributed by atoms with van der Waals surface area (Å²) in [6, 6.07) is 38.5. The molecule has 0 N–H and O–H groups in total.